The predicted octanol–water partition coefficient (Wildman–Crippen LogP) is 4.27. The lowest BCUT2D eigenvalue weighted by atomic mass is 10.2. The van der Waals surface area contributed by atoms with Crippen LogP contribution in [0.25, 0.3) is 11.1 Å². The Hall–Kier alpha value is -1.67. The number of rotatable bonds is 6. The predicted molar refractivity (Wildman–Crippen MR) is 99.4 cm³/mol. The summed E-state index contributed by atoms with van der Waals surface area (Å²) in [5.74, 6) is 0.674. The van der Waals surface area contributed by atoms with Crippen LogP contribution < -0.4 is 9.46 Å². The van der Waals surface area contributed by atoms with E-state index in [1.54, 1.807) is 48.0 Å². The van der Waals surface area contributed by atoms with Crippen LogP contribution >= 0.6 is 22.7 Å². The summed E-state index contributed by atoms with van der Waals surface area (Å²) < 4.78 is 32.7. The van der Waals surface area contributed by atoms with Crippen LogP contribution in [0.3, 0.4) is 0 Å². The van der Waals surface area contributed by atoms with Gasteiger partial charge in [0.25, 0.3) is 0 Å². The Bertz CT molecular complexity index is 928. The molecule has 0 aliphatic rings. The first-order valence-corrected chi connectivity index (χ1v) is 10.5. The van der Waals surface area contributed by atoms with Gasteiger partial charge in [-0.25, -0.2) is 13.1 Å². The summed E-state index contributed by atoms with van der Waals surface area (Å²) in [7, 11) is -1.98. The minimum atomic E-state index is -3.55. The summed E-state index contributed by atoms with van der Waals surface area (Å²) in [6, 6.07) is 8.92. The Morgan fingerprint density at radius 2 is 1.96 bits per heavy atom. The Kier molecular flexibility index (Phi) is 5.05. The van der Waals surface area contributed by atoms with E-state index >= 15 is 0 Å². The van der Waals surface area contributed by atoms with Crippen molar-refractivity contribution in [3.63, 3.8) is 0 Å². The van der Waals surface area contributed by atoms with Crippen LogP contribution in [0, 0.1) is 6.92 Å². The van der Waals surface area contributed by atoms with Crippen molar-refractivity contribution >= 4 is 32.7 Å². The van der Waals surface area contributed by atoms with E-state index in [-0.39, 0.29) is 11.4 Å². The number of aryl methyl sites for hydroxylation is 1. The number of sulfonamides is 1. The average Bonchev–Trinajstić information content (AvgIpc) is 3.24. The van der Waals surface area contributed by atoms with Crippen molar-refractivity contribution in [3.05, 3.63) is 56.9 Å². The zero-order valence-electron chi connectivity index (χ0n) is 13.3. The highest BCUT2D eigenvalue weighted by Crippen LogP contribution is 2.27. The molecule has 0 aliphatic carbocycles. The molecule has 0 amide bonds. The van der Waals surface area contributed by atoms with Gasteiger partial charge in [-0.15, -0.1) is 11.3 Å². The maximum absolute atomic E-state index is 12.4. The normalized spacial score (nSPS) is 11.6. The van der Waals surface area contributed by atoms with Crippen LogP contribution in [0.4, 0.5) is 0 Å². The van der Waals surface area contributed by atoms with Gasteiger partial charge in [0, 0.05) is 11.4 Å². The van der Waals surface area contributed by atoms with E-state index in [4.69, 9.17) is 4.74 Å². The molecule has 0 atom stereocenters. The minimum Gasteiger partial charge on any atom is -0.496 e. The molecule has 1 N–H and O–H groups in total. The number of ether oxygens (including phenoxy) is 1. The summed E-state index contributed by atoms with van der Waals surface area (Å²) in [5, 5.41) is 6.15. The van der Waals surface area contributed by atoms with Crippen molar-refractivity contribution < 1.29 is 13.2 Å². The number of benzene rings is 1. The topological polar surface area (TPSA) is 55.4 Å². The molecule has 0 spiro atoms. The molecule has 0 radical (unpaired) electrons. The number of thiophene rings is 2. The van der Waals surface area contributed by atoms with Crippen LogP contribution in [0.15, 0.2) is 51.4 Å². The molecular formula is C17H17NO3S3. The molecule has 24 heavy (non-hydrogen) atoms. The van der Waals surface area contributed by atoms with Gasteiger partial charge in [-0.3, -0.25) is 0 Å². The maximum atomic E-state index is 12.4. The second-order valence-electron chi connectivity index (χ2n) is 5.27. The van der Waals surface area contributed by atoms with Gasteiger partial charge in [0.1, 0.15) is 5.75 Å². The van der Waals surface area contributed by atoms with E-state index < -0.39 is 10.0 Å². The molecule has 126 valence electrons. The monoisotopic (exact) mass is 379 g/mol. The summed E-state index contributed by atoms with van der Waals surface area (Å²) >= 11 is 3.20. The number of hydrogen-bond donors (Lipinski definition) is 1. The van der Waals surface area contributed by atoms with Crippen molar-refractivity contribution in [1.29, 1.82) is 0 Å². The van der Waals surface area contributed by atoms with E-state index in [0.29, 0.717) is 5.75 Å². The Morgan fingerprint density at radius 1 is 1.12 bits per heavy atom. The fourth-order valence-corrected chi connectivity index (χ4v) is 5.00. The second kappa shape index (κ2) is 7.06. The molecule has 3 aromatic rings. The minimum absolute atomic E-state index is 0.246. The maximum Gasteiger partial charge on any atom is 0.240 e. The molecule has 4 nitrogen and oxygen atoms in total. The molecule has 1 aromatic carbocycles. The molecule has 0 saturated heterocycles. The molecule has 0 saturated carbocycles. The molecule has 0 aliphatic heterocycles. The number of hydrogen-bond acceptors (Lipinski definition) is 5. The van der Waals surface area contributed by atoms with Gasteiger partial charge in [-0.05, 0) is 70.1 Å². The first-order chi connectivity index (χ1) is 11.5. The van der Waals surface area contributed by atoms with Crippen LogP contribution in [-0.4, -0.2) is 15.5 Å². The highest BCUT2D eigenvalue weighted by Gasteiger charge is 2.16. The quantitative estimate of drug-likeness (QED) is 0.696. The Morgan fingerprint density at radius 3 is 2.62 bits per heavy atom. The van der Waals surface area contributed by atoms with Crippen LogP contribution in [0.5, 0.6) is 5.75 Å². The summed E-state index contributed by atoms with van der Waals surface area (Å²) in [6.45, 7) is 2.10. The van der Waals surface area contributed by atoms with Crippen molar-refractivity contribution in [2.24, 2.45) is 0 Å². The fraction of sp³-hybridized carbons (Fsp3) is 0.176. The molecular weight excluding hydrogens is 362 g/mol. The molecule has 0 fully saturated rings. The van der Waals surface area contributed by atoms with Gasteiger partial charge in [0.15, 0.2) is 0 Å². The molecule has 2 aromatic heterocycles. The average molecular weight is 380 g/mol. The second-order valence-corrected chi connectivity index (χ2v) is 8.81. The zero-order valence-corrected chi connectivity index (χ0v) is 15.7. The van der Waals surface area contributed by atoms with Crippen LogP contribution in [0.1, 0.15) is 10.4 Å². The number of nitrogens with one attached hydrogen (secondary N) is 1. The van der Waals surface area contributed by atoms with E-state index in [9.17, 15) is 8.42 Å². The summed E-state index contributed by atoms with van der Waals surface area (Å²) in [4.78, 5) is 1.22. The molecule has 2 heterocycles. The van der Waals surface area contributed by atoms with E-state index in [1.165, 1.54) is 0 Å². The summed E-state index contributed by atoms with van der Waals surface area (Å²) in [6.07, 6.45) is 0. The zero-order chi connectivity index (χ0) is 17.2. The summed E-state index contributed by atoms with van der Waals surface area (Å²) in [5.41, 5.74) is 3.07. The lowest BCUT2D eigenvalue weighted by Gasteiger charge is -2.09. The Labute approximate surface area is 149 Å². The smallest absolute Gasteiger partial charge is 0.240 e. The highest BCUT2D eigenvalue weighted by atomic mass is 32.2. The van der Waals surface area contributed by atoms with Gasteiger partial charge in [0.2, 0.25) is 10.0 Å². The third-order valence-corrected chi connectivity index (χ3v) is 6.64. The van der Waals surface area contributed by atoms with E-state index in [0.717, 1.165) is 21.6 Å². The highest BCUT2D eigenvalue weighted by molar-refractivity contribution is 7.89. The first-order valence-electron chi connectivity index (χ1n) is 7.24. The Balaban J connectivity index is 1.72. The van der Waals surface area contributed by atoms with E-state index in [1.807, 2.05) is 23.8 Å². The SMILES string of the molecule is COc1ccc(S(=O)(=O)NCc2cc(-c3ccsc3)cs2)cc1C. The standard InChI is InChI=1S/C17H17NO3S3/c1-12-7-16(3-4-17(12)21-2)24(19,20)18-9-15-8-14(11-23-15)13-5-6-22-10-13/h3-8,10-11,18H,9H2,1-2H3. The third kappa shape index (κ3) is 3.70. The molecule has 0 unspecified atom stereocenters. The van der Waals surface area contributed by atoms with Crippen molar-refractivity contribution in [2.45, 2.75) is 18.4 Å². The van der Waals surface area contributed by atoms with Crippen molar-refractivity contribution in [2.75, 3.05) is 7.11 Å². The van der Waals surface area contributed by atoms with Crippen LogP contribution in [0.2, 0.25) is 0 Å². The first kappa shape index (κ1) is 17.2. The van der Waals surface area contributed by atoms with Gasteiger partial charge in [0.05, 0.1) is 12.0 Å². The lowest BCUT2D eigenvalue weighted by Crippen LogP contribution is -2.22. The van der Waals surface area contributed by atoms with E-state index in [2.05, 4.69) is 16.2 Å². The number of methoxy groups -OCH3 is 1. The largest absolute Gasteiger partial charge is 0.496 e. The molecule has 0 bridgehead atoms. The van der Waals surface area contributed by atoms with Gasteiger partial charge >= 0.3 is 0 Å². The van der Waals surface area contributed by atoms with Crippen LogP contribution in [-0.2, 0) is 16.6 Å². The molecule has 7 heteroatoms. The fourth-order valence-electron chi connectivity index (χ4n) is 2.32. The van der Waals surface area contributed by atoms with Crippen molar-refractivity contribution in [3.8, 4) is 16.9 Å². The third-order valence-electron chi connectivity index (χ3n) is 3.62. The van der Waals surface area contributed by atoms with Gasteiger partial charge in [-0.1, -0.05) is 0 Å². The van der Waals surface area contributed by atoms with Crippen molar-refractivity contribution in [1.82, 2.24) is 4.72 Å². The van der Waals surface area contributed by atoms with Gasteiger partial charge < -0.3 is 4.74 Å². The molecule has 3 rings (SSSR count). The van der Waals surface area contributed by atoms with Gasteiger partial charge in [-0.2, -0.15) is 11.3 Å². The lowest BCUT2D eigenvalue weighted by molar-refractivity contribution is 0.411.